The van der Waals surface area contributed by atoms with Gasteiger partial charge in [-0.05, 0) is 59.0 Å². The van der Waals surface area contributed by atoms with Gasteiger partial charge in [-0.25, -0.2) is 0 Å². The summed E-state index contributed by atoms with van der Waals surface area (Å²) in [7, 11) is 0. The Morgan fingerprint density at radius 2 is 1.90 bits per heavy atom. The zero-order valence-electron chi connectivity index (χ0n) is 16.0. The van der Waals surface area contributed by atoms with E-state index in [-0.39, 0.29) is 11.8 Å². The predicted molar refractivity (Wildman–Crippen MR) is 120 cm³/mol. The van der Waals surface area contributed by atoms with Crippen molar-refractivity contribution in [1.82, 2.24) is 5.32 Å². The predicted octanol–water partition coefficient (Wildman–Crippen LogP) is 4.40. The Hall–Kier alpha value is -2.57. The number of benzene rings is 2. The van der Waals surface area contributed by atoms with Crippen LogP contribution in [0.2, 0.25) is 0 Å². The highest BCUT2D eigenvalue weighted by molar-refractivity contribution is 8.00. The highest BCUT2D eigenvalue weighted by Crippen LogP contribution is 2.29. The molecule has 0 fully saturated rings. The van der Waals surface area contributed by atoms with Crippen molar-refractivity contribution >= 4 is 40.6 Å². The summed E-state index contributed by atoms with van der Waals surface area (Å²) < 4.78 is 0. The molecule has 0 saturated heterocycles. The molecule has 1 aliphatic rings. The summed E-state index contributed by atoms with van der Waals surface area (Å²) in [4.78, 5) is 28.1. The minimum absolute atomic E-state index is 0.0765. The molecule has 0 saturated carbocycles. The first-order valence-corrected chi connectivity index (χ1v) is 11.5. The van der Waals surface area contributed by atoms with Gasteiger partial charge in [0.25, 0.3) is 5.91 Å². The first-order valence-electron chi connectivity index (χ1n) is 9.62. The normalized spacial score (nSPS) is 12.6. The summed E-state index contributed by atoms with van der Waals surface area (Å²) in [5, 5.41) is 7.13. The third-order valence-electron chi connectivity index (χ3n) is 4.95. The van der Waals surface area contributed by atoms with Crippen LogP contribution in [0.5, 0.6) is 0 Å². The summed E-state index contributed by atoms with van der Waals surface area (Å²) in [5.41, 5.74) is 4.08. The average molecular weight is 423 g/mol. The quantitative estimate of drug-likeness (QED) is 0.574. The van der Waals surface area contributed by atoms with Crippen LogP contribution in [0.1, 0.15) is 21.5 Å². The SMILES string of the molecule is O=C(NCCc1ccsc1)c1ccccc1SCC(=O)N1CCc2ccccc21. The number of thioether (sulfide) groups is 1. The number of para-hydroxylation sites is 1. The molecule has 1 N–H and O–H groups in total. The molecule has 4 rings (SSSR count). The molecule has 4 nitrogen and oxygen atoms in total. The van der Waals surface area contributed by atoms with Crippen LogP contribution >= 0.6 is 23.1 Å². The maximum atomic E-state index is 12.8. The smallest absolute Gasteiger partial charge is 0.252 e. The van der Waals surface area contributed by atoms with Crippen LogP contribution < -0.4 is 10.2 Å². The Morgan fingerprint density at radius 1 is 1.07 bits per heavy atom. The standard InChI is InChI=1S/C23H22N2O2S2/c26-22(25-13-10-18-5-1-3-7-20(18)25)16-29-21-8-4-2-6-19(21)23(27)24-12-9-17-11-14-28-15-17/h1-8,11,14-15H,9-10,12-13,16H2,(H,24,27). The third-order valence-corrected chi connectivity index (χ3v) is 6.74. The Bertz CT molecular complexity index is 1000. The molecule has 3 aromatic rings. The van der Waals surface area contributed by atoms with E-state index in [1.165, 1.54) is 22.9 Å². The van der Waals surface area contributed by atoms with Gasteiger partial charge in [-0.15, -0.1) is 11.8 Å². The van der Waals surface area contributed by atoms with Gasteiger partial charge in [0.05, 0.1) is 11.3 Å². The van der Waals surface area contributed by atoms with Crippen LogP contribution in [0.4, 0.5) is 5.69 Å². The summed E-state index contributed by atoms with van der Waals surface area (Å²) in [6, 6.07) is 17.6. The van der Waals surface area contributed by atoms with Gasteiger partial charge >= 0.3 is 0 Å². The second kappa shape index (κ2) is 9.29. The van der Waals surface area contributed by atoms with Crippen LogP contribution in [-0.4, -0.2) is 30.7 Å². The topological polar surface area (TPSA) is 49.4 Å². The van der Waals surface area contributed by atoms with E-state index >= 15 is 0 Å². The number of thiophene rings is 1. The van der Waals surface area contributed by atoms with E-state index in [0.29, 0.717) is 17.9 Å². The van der Waals surface area contributed by atoms with Crippen molar-refractivity contribution in [1.29, 1.82) is 0 Å². The fraction of sp³-hybridized carbons (Fsp3) is 0.217. The molecule has 2 amide bonds. The van der Waals surface area contributed by atoms with Gasteiger partial charge in [-0.3, -0.25) is 9.59 Å². The molecule has 0 radical (unpaired) electrons. The lowest BCUT2D eigenvalue weighted by molar-refractivity contribution is -0.116. The van der Waals surface area contributed by atoms with E-state index in [2.05, 4.69) is 22.8 Å². The van der Waals surface area contributed by atoms with Gasteiger partial charge in [-0.1, -0.05) is 30.3 Å². The fourth-order valence-electron chi connectivity index (χ4n) is 3.45. The van der Waals surface area contributed by atoms with Crippen molar-refractivity contribution < 1.29 is 9.59 Å². The zero-order valence-corrected chi connectivity index (χ0v) is 17.6. The lowest BCUT2D eigenvalue weighted by Crippen LogP contribution is -2.30. The van der Waals surface area contributed by atoms with Crippen molar-refractivity contribution in [3.8, 4) is 0 Å². The molecule has 0 spiro atoms. The maximum Gasteiger partial charge on any atom is 0.252 e. The molecule has 0 aliphatic carbocycles. The monoisotopic (exact) mass is 422 g/mol. The van der Waals surface area contributed by atoms with E-state index in [9.17, 15) is 9.59 Å². The van der Waals surface area contributed by atoms with Crippen molar-refractivity contribution in [3.05, 3.63) is 82.0 Å². The lowest BCUT2D eigenvalue weighted by Gasteiger charge is -2.17. The zero-order chi connectivity index (χ0) is 20.1. The van der Waals surface area contributed by atoms with Crippen LogP contribution in [0.15, 0.2) is 70.3 Å². The second-order valence-corrected chi connectivity index (χ2v) is 8.64. The van der Waals surface area contributed by atoms with Crippen molar-refractivity contribution in [2.45, 2.75) is 17.7 Å². The fourth-order valence-corrected chi connectivity index (χ4v) is 5.07. The van der Waals surface area contributed by atoms with Gasteiger partial charge in [0.1, 0.15) is 0 Å². The lowest BCUT2D eigenvalue weighted by atomic mass is 10.2. The molecule has 6 heteroatoms. The highest BCUT2D eigenvalue weighted by atomic mass is 32.2. The van der Waals surface area contributed by atoms with Crippen LogP contribution in [0.3, 0.4) is 0 Å². The maximum absolute atomic E-state index is 12.8. The molecule has 29 heavy (non-hydrogen) atoms. The largest absolute Gasteiger partial charge is 0.352 e. The van der Waals surface area contributed by atoms with Gasteiger partial charge in [0, 0.05) is 23.7 Å². The number of nitrogens with zero attached hydrogens (tertiary/aromatic N) is 1. The number of rotatable bonds is 7. The van der Waals surface area contributed by atoms with E-state index in [1.807, 2.05) is 52.7 Å². The molecule has 2 heterocycles. The van der Waals surface area contributed by atoms with Gasteiger partial charge in [0.15, 0.2) is 0 Å². The Kier molecular flexibility index (Phi) is 6.32. The van der Waals surface area contributed by atoms with Crippen molar-refractivity contribution in [2.24, 2.45) is 0 Å². The average Bonchev–Trinajstić information content (AvgIpc) is 3.42. The first kappa shape index (κ1) is 19.7. The molecule has 0 bridgehead atoms. The Balaban J connectivity index is 1.36. The number of fused-ring (bicyclic) bond motifs is 1. The minimum Gasteiger partial charge on any atom is -0.352 e. The van der Waals surface area contributed by atoms with Crippen molar-refractivity contribution in [3.63, 3.8) is 0 Å². The summed E-state index contributed by atoms with van der Waals surface area (Å²) >= 11 is 3.09. The molecule has 0 atom stereocenters. The van der Waals surface area contributed by atoms with Crippen LogP contribution in [0, 0.1) is 0 Å². The summed E-state index contributed by atoms with van der Waals surface area (Å²) in [6.07, 6.45) is 1.72. The van der Waals surface area contributed by atoms with E-state index < -0.39 is 0 Å². The van der Waals surface area contributed by atoms with Gasteiger partial charge in [-0.2, -0.15) is 11.3 Å². The molecule has 148 valence electrons. The van der Waals surface area contributed by atoms with Gasteiger partial charge < -0.3 is 10.2 Å². The number of anilines is 1. The summed E-state index contributed by atoms with van der Waals surface area (Å²) in [5.74, 6) is 0.294. The highest BCUT2D eigenvalue weighted by Gasteiger charge is 2.24. The van der Waals surface area contributed by atoms with Crippen molar-refractivity contribution in [2.75, 3.05) is 23.7 Å². The van der Waals surface area contributed by atoms with Crippen LogP contribution in [0.25, 0.3) is 0 Å². The summed E-state index contributed by atoms with van der Waals surface area (Å²) in [6.45, 7) is 1.32. The molecule has 0 unspecified atom stereocenters. The number of amides is 2. The van der Waals surface area contributed by atoms with E-state index in [1.54, 1.807) is 11.3 Å². The number of hydrogen-bond donors (Lipinski definition) is 1. The number of hydrogen-bond acceptors (Lipinski definition) is 4. The molecule has 1 aromatic heterocycles. The first-order chi connectivity index (χ1) is 14.2. The van der Waals surface area contributed by atoms with E-state index in [0.717, 1.165) is 30.0 Å². The van der Waals surface area contributed by atoms with Gasteiger partial charge in [0.2, 0.25) is 5.91 Å². The number of nitrogens with one attached hydrogen (secondary N) is 1. The molecular formula is C23H22N2O2S2. The van der Waals surface area contributed by atoms with E-state index in [4.69, 9.17) is 0 Å². The Morgan fingerprint density at radius 3 is 2.76 bits per heavy atom. The molecule has 2 aromatic carbocycles. The number of carbonyl (C=O) groups excluding carboxylic acids is 2. The second-order valence-electron chi connectivity index (χ2n) is 6.85. The Labute approximate surface area is 178 Å². The third kappa shape index (κ3) is 4.71. The molecule has 1 aliphatic heterocycles. The molecular weight excluding hydrogens is 400 g/mol. The van der Waals surface area contributed by atoms with Crippen LogP contribution in [-0.2, 0) is 17.6 Å². The minimum atomic E-state index is -0.0951. The number of carbonyl (C=O) groups is 2.